The average Bonchev–Trinajstić information content (AvgIpc) is 2.01. The summed E-state index contributed by atoms with van der Waals surface area (Å²) in [6.45, 7) is 3.31. The summed E-state index contributed by atoms with van der Waals surface area (Å²) in [7, 11) is -3.32. The lowest BCUT2D eigenvalue weighted by Gasteiger charge is -2.10. The van der Waals surface area contributed by atoms with Gasteiger partial charge in [-0.25, -0.2) is 13.1 Å². The van der Waals surface area contributed by atoms with Gasteiger partial charge in [0.1, 0.15) is 0 Å². The van der Waals surface area contributed by atoms with E-state index < -0.39 is 21.2 Å². The summed E-state index contributed by atoms with van der Waals surface area (Å²) < 4.78 is 24.7. The largest absolute Gasteiger partial charge is 0.481 e. The average molecular weight is 209 g/mol. The van der Waals surface area contributed by atoms with Crippen LogP contribution in [-0.2, 0) is 14.8 Å². The van der Waals surface area contributed by atoms with E-state index in [1.807, 2.05) is 0 Å². The molecule has 0 saturated heterocycles. The Kier molecular flexibility index (Phi) is 4.94. The predicted octanol–water partition coefficient (Wildman–Crippen LogP) is 0.179. The molecule has 1 unspecified atom stereocenters. The second-order valence-electron chi connectivity index (χ2n) is 2.80. The van der Waals surface area contributed by atoms with Crippen molar-refractivity contribution < 1.29 is 18.3 Å². The van der Waals surface area contributed by atoms with E-state index in [0.717, 1.165) is 0 Å². The smallest absolute Gasteiger partial charge is 0.304 e. The maximum Gasteiger partial charge on any atom is 0.304 e. The Morgan fingerprint density at radius 2 is 2.08 bits per heavy atom. The summed E-state index contributed by atoms with van der Waals surface area (Å²) in [4.78, 5) is 10.1. The molecule has 0 aliphatic rings. The van der Waals surface area contributed by atoms with Crippen molar-refractivity contribution in [3.63, 3.8) is 0 Å². The zero-order chi connectivity index (χ0) is 10.5. The second kappa shape index (κ2) is 5.18. The lowest BCUT2D eigenvalue weighted by Crippen LogP contribution is -2.33. The molecule has 0 aromatic rings. The van der Waals surface area contributed by atoms with Gasteiger partial charge in [-0.2, -0.15) is 0 Å². The molecule has 0 aliphatic carbocycles. The number of hydrogen-bond acceptors (Lipinski definition) is 3. The first-order valence-corrected chi connectivity index (χ1v) is 5.65. The number of rotatable bonds is 6. The summed E-state index contributed by atoms with van der Waals surface area (Å²) in [5, 5.41) is 7.80. The van der Waals surface area contributed by atoms with Crippen LogP contribution < -0.4 is 4.72 Å². The first-order valence-electron chi connectivity index (χ1n) is 4.10. The number of carboxylic acids is 1. The fraction of sp³-hybridized carbons (Fsp3) is 0.857. The minimum Gasteiger partial charge on any atom is -0.481 e. The van der Waals surface area contributed by atoms with Gasteiger partial charge < -0.3 is 5.11 Å². The SMILES string of the molecule is CCC(C)S(=O)(=O)NCCC(=O)O. The molecule has 0 bridgehead atoms. The molecular formula is C7H15NO4S. The maximum absolute atomic E-state index is 11.2. The Balaban J connectivity index is 3.97. The van der Waals surface area contributed by atoms with Crippen LogP contribution in [0.4, 0.5) is 0 Å². The number of sulfonamides is 1. The van der Waals surface area contributed by atoms with Gasteiger partial charge in [0.25, 0.3) is 0 Å². The highest BCUT2D eigenvalue weighted by molar-refractivity contribution is 7.90. The normalized spacial score (nSPS) is 14.0. The summed E-state index contributed by atoms with van der Waals surface area (Å²) >= 11 is 0. The Hall–Kier alpha value is -0.620. The van der Waals surface area contributed by atoms with Crippen LogP contribution in [0.5, 0.6) is 0 Å². The van der Waals surface area contributed by atoms with Crippen molar-refractivity contribution in [3.05, 3.63) is 0 Å². The van der Waals surface area contributed by atoms with E-state index in [1.165, 1.54) is 0 Å². The van der Waals surface area contributed by atoms with Crippen molar-refractivity contribution >= 4 is 16.0 Å². The van der Waals surface area contributed by atoms with E-state index in [1.54, 1.807) is 13.8 Å². The lowest BCUT2D eigenvalue weighted by atomic mass is 10.4. The van der Waals surface area contributed by atoms with Crippen LogP contribution in [0.25, 0.3) is 0 Å². The lowest BCUT2D eigenvalue weighted by molar-refractivity contribution is -0.136. The molecule has 0 rings (SSSR count). The van der Waals surface area contributed by atoms with Crippen molar-refractivity contribution in [2.45, 2.75) is 31.9 Å². The standard InChI is InChI=1S/C7H15NO4S/c1-3-6(2)13(11,12)8-5-4-7(9)10/h6,8H,3-5H2,1-2H3,(H,9,10). The molecule has 0 aromatic carbocycles. The molecule has 0 fully saturated rings. The van der Waals surface area contributed by atoms with Crippen molar-refractivity contribution in [3.8, 4) is 0 Å². The molecule has 0 heterocycles. The summed E-state index contributed by atoms with van der Waals surface area (Å²) in [6.07, 6.45) is 0.331. The van der Waals surface area contributed by atoms with E-state index in [2.05, 4.69) is 4.72 Å². The molecule has 2 N–H and O–H groups in total. The van der Waals surface area contributed by atoms with Gasteiger partial charge in [-0.05, 0) is 13.3 Å². The zero-order valence-electron chi connectivity index (χ0n) is 7.78. The van der Waals surface area contributed by atoms with E-state index in [0.29, 0.717) is 6.42 Å². The van der Waals surface area contributed by atoms with Crippen molar-refractivity contribution in [1.82, 2.24) is 4.72 Å². The Bertz CT molecular complexity index is 260. The van der Waals surface area contributed by atoms with E-state index in [4.69, 9.17) is 5.11 Å². The highest BCUT2D eigenvalue weighted by atomic mass is 32.2. The molecule has 13 heavy (non-hydrogen) atoms. The molecule has 0 amide bonds. The van der Waals surface area contributed by atoms with Gasteiger partial charge >= 0.3 is 5.97 Å². The minimum atomic E-state index is -3.32. The van der Waals surface area contributed by atoms with Gasteiger partial charge in [0.15, 0.2) is 0 Å². The minimum absolute atomic E-state index is 0.0397. The van der Waals surface area contributed by atoms with Crippen molar-refractivity contribution in [1.29, 1.82) is 0 Å². The predicted molar refractivity (Wildman–Crippen MR) is 48.9 cm³/mol. The molecule has 1 atom stereocenters. The molecule has 78 valence electrons. The number of carboxylic acid groups (broad SMARTS) is 1. The fourth-order valence-corrected chi connectivity index (χ4v) is 1.77. The first kappa shape index (κ1) is 12.4. The molecule has 6 heteroatoms. The van der Waals surface area contributed by atoms with Gasteiger partial charge in [-0.15, -0.1) is 0 Å². The van der Waals surface area contributed by atoms with Crippen LogP contribution in [0.3, 0.4) is 0 Å². The second-order valence-corrected chi connectivity index (χ2v) is 4.99. The van der Waals surface area contributed by atoms with Crippen LogP contribution in [0, 0.1) is 0 Å². The Labute approximate surface area is 78.2 Å². The van der Waals surface area contributed by atoms with Gasteiger partial charge in [0.2, 0.25) is 10.0 Å². The van der Waals surface area contributed by atoms with E-state index in [9.17, 15) is 13.2 Å². The topological polar surface area (TPSA) is 83.5 Å². The Morgan fingerprint density at radius 3 is 2.46 bits per heavy atom. The number of carbonyl (C=O) groups is 1. The third kappa shape index (κ3) is 4.84. The fourth-order valence-electron chi connectivity index (χ4n) is 0.662. The third-order valence-electron chi connectivity index (χ3n) is 1.75. The zero-order valence-corrected chi connectivity index (χ0v) is 8.60. The quantitative estimate of drug-likeness (QED) is 0.653. The Morgan fingerprint density at radius 1 is 1.54 bits per heavy atom. The maximum atomic E-state index is 11.2. The van der Waals surface area contributed by atoms with Crippen LogP contribution in [-0.4, -0.2) is 31.3 Å². The molecule has 0 saturated carbocycles. The highest BCUT2D eigenvalue weighted by Gasteiger charge is 2.17. The van der Waals surface area contributed by atoms with Crippen molar-refractivity contribution in [2.24, 2.45) is 0 Å². The molecule has 0 radical (unpaired) electrons. The first-order chi connectivity index (χ1) is 5.90. The summed E-state index contributed by atoms with van der Waals surface area (Å²) in [5.74, 6) is -1.01. The summed E-state index contributed by atoms with van der Waals surface area (Å²) in [5.41, 5.74) is 0. The van der Waals surface area contributed by atoms with Gasteiger partial charge in [0, 0.05) is 6.54 Å². The van der Waals surface area contributed by atoms with Crippen LogP contribution in [0.1, 0.15) is 26.7 Å². The number of hydrogen-bond donors (Lipinski definition) is 2. The highest BCUT2D eigenvalue weighted by Crippen LogP contribution is 2.01. The number of aliphatic carboxylic acids is 1. The van der Waals surface area contributed by atoms with Gasteiger partial charge in [-0.3, -0.25) is 4.79 Å². The molecule has 5 nitrogen and oxygen atoms in total. The van der Waals surface area contributed by atoms with E-state index >= 15 is 0 Å². The van der Waals surface area contributed by atoms with Crippen molar-refractivity contribution in [2.75, 3.05) is 6.54 Å². The number of nitrogens with one attached hydrogen (secondary N) is 1. The van der Waals surface area contributed by atoms with Crippen LogP contribution >= 0.6 is 0 Å². The van der Waals surface area contributed by atoms with Gasteiger partial charge in [0.05, 0.1) is 11.7 Å². The molecule has 0 aromatic heterocycles. The van der Waals surface area contributed by atoms with E-state index in [-0.39, 0.29) is 13.0 Å². The monoisotopic (exact) mass is 209 g/mol. The van der Waals surface area contributed by atoms with Crippen LogP contribution in [0.2, 0.25) is 0 Å². The third-order valence-corrected chi connectivity index (χ3v) is 3.75. The van der Waals surface area contributed by atoms with Crippen LogP contribution in [0.15, 0.2) is 0 Å². The van der Waals surface area contributed by atoms with Gasteiger partial charge in [-0.1, -0.05) is 6.92 Å². The molecule has 0 aliphatic heterocycles. The molecule has 0 spiro atoms. The summed E-state index contributed by atoms with van der Waals surface area (Å²) in [6, 6.07) is 0. The molecular weight excluding hydrogens is 194 g/mol.